The third-order valence-corrected chi connectivity index (χ3v) is 8.53. The van der Waals surface area contributed by atoms with Crippen molar-refractivity contribution in [2.75, 3.05) is 19.0 Å². The molecule has 3 aliphatic rings. The van der Waals surface area contributed by atoms with Crippen molar-refractivity contribution in [2.24, 2.45) is 0 Å². The first-order valence-electron chi connectivity index (χ1n) is 11.2. The summed E-state index contributed by atoms with van der Waals surface area (Å²) >= 11 is 0. The fourth-order valence-electron chi connectivity index (χ4n) is 7.60. The lowest BCUT2D eigenvalue weighted by atomic mass is 9.05. The van der Waals surface area contributed by atoms with Crippen LogP contribution in [0.3, 0.4) is 0 Å². The van der Waals surface area contributed by atoms with Crippen molar-refractivity contribution in [3.63, 3.8) is 0 Å². The highest BCUT2D eigenvalue weighted by atomic mass is 15.1. The summed E-state index contributed by atoms with van der Waals surface area (Å²) < 4.78 is 0. The molecule has 0 spiro atoms. The van der Waals surface area contributed by atoms with Crippen molar-refractivity contribution in [3.8, 4) is 0 Å². The predicted octanol–water partition coefficient (Wildman–Crippen LogP) is 6.24. The molecule has 1 aromatic rings. The van der Waals surface area contributed by atoms with Crippen LogP contribution in [-0.2, 0) is 0 Å². The molecular formula is C23H37BN-. The van der Waals surface area contributed by atoms with E-state index >= 15 is 0 Å². The number of hydrogen-bond acceptors (Lipinski definition) is 1. The molecule has 3 aliphatic carbocycles. The first-order chi connectivity index (χ1) is 12.2. The first kappa shape index (κ1) is 17.5. The molecule has 138 valence electrons. The second-order valence-electron chi connectivity index (χ2n) is 9.70. The van der Waals surface area contributed by atoms with Crippen LogP contribution in [0, 0.1) is 0 Å². The summed E-state index contributed by atoms with van der Waals surface area (Å²) in [6.07, 6.45) is 17.7. The Hall–Kier alpha value is -0.915. The monoisotopic (exact) mass is 338 g/mol. The van der Waals surface area contributed by atoms with Crippen molar-refractivity contribution in [1.82, 2.24) is 0 Å². The fraction of sp³-hybridized carbons (Fsp3) is 0.739. The minimum atomic E-state index is -0.380. The molecule has 0 heterocycles. The Kier molecular flexibility index (Phi) is 5.16. The van der Waals surface area contributed by atoms with E-state index in [-0.39, 0.29) is 6.15 Å². The van der Waals surface area contributed by atoms with Crippen LogP contribution in [0.4, 0.5) is 5.69 Å². The predicted molar refractivity (Wildman–Crippen MR) is 113 cm³/mol. The van der Waals surface area contributed by atoms with Crippen molar-refractivity contribution < 1.29 is 0 Å². The number of hydrogen-bond donors (Lipinski definition) is 0. The Balaban J connectivity index is 1.80. The van der Waals surface area contributed by atoms with Crippen LogP contribution in [0.1, 0.15) is 77.0 Å². The lowest BCUT2D eigenvalue weighted by molar-refractivity contribution is 0.688. The van der Waals surface area contributed by atoms with Crippen molar-refractivity contribution in [2.45, 2.75) is 94.5 Å². The van der Waals surface area contributed by atoms with Gasteiger partial charge in [0.2, 0.25) is 0 Å². The summed E-state index contributed by atoms with van der Waals surface area (Å²) in [6, 6.07) is 9.93. The molecule has 0 N–H and O–H groups in total. The van der Waals surface area contributed by atoms with E-state index in [1.807, 2.05) is 0 Å². The molecule has 3 fully saturated rings. The molecule has 25 heavy (non-hydrogen) atoms. The van der Waals surface area contributed by atoms with Gasteiger partial charge in [-0.3, -0.25) is 0 Å². The molecule has 4 rings (SSSR count). The maximum absolute atomic E-state index is 2.56. The molecule has 0 aromatic heterocycles. The fourth-order valence-corrected chi connectivity index (χ4v) is 7.60. The maximum Gasteiger partial charge on any atom is 0.0372 e. The van der Waals surface area contributed by atoms with Crippen molar-refractivity contribution in [3.05, 3.63) is 24.3 Å². The van der Waals surface area contributed by atoms with E-state index in [9.17, 15) is 0 Å². The smallest absolute Gasteiger partial charge is 0.0372 e. The number of benzene rings is 1. The maximum atomic E-state index is 2.56. The molecule has 0 radical (unpaired) electrons. The highest BCUT2D eigenvalue weighted by Crippen LogP contribution is 2.58. The normalized spacial score (nSPS) is 23.6. The molecule has 2 heteroatoms. The molecule has 1 aromatic carbocycles. The van der Waals surface area contributed by atoms with Gasteiger partial charge in [0.05, 0.1) is 0 Å². The van der Waals surface area contributed by atoms with Gasteiger partial charge >= 0.3 is 0 Å². The molecule has 0 unspecified atom stereocenters. The number of nitrogens with zero attached hydrogens (tertiary/aromatic N) is 1. The van der Waals surface area contributed by atoms with Crippen molar-refractivity contribution >= 4 is 17.3 Å². The van der Waals surface area contributed by atoms with E-state index < -0.39 is 0 Å². The third-order valence-electron chi connectivity index (χ3n) is 8.53. The minimum absolute atomic E-state index is 0.380. The van der Waals surface area contributed by atoms with E-state index in [1.54, 1.807) is 5.46 Å². The summed E-state index contributed by atoms with van der Waals surface area (Å²) in [5.74, 6) is 3.03. The lowest BCUT2D eigenvalue weighted by Gasteiger charge is -2.56. The third kappa shape index (κ3) is 3.04. The summed E-state index contributed by atoms with van der Waals surface area (Å²) in [4.78, 5) is 2.25. The van der Waals surface area contributed by atoms with E-state index in [0.717, 1.165) is 17.5 Å². The summed E-state index contributed by atoms with van der Waals surface area (Å²) in [7, 11) is 4.33. The largest absolute Gasteiger partial charge is 0.378 e. The Morgan fingerprint density at radius 1 is 0.640 bits per heavy atom. The van der Waals surface area contributed by atoms with Crippen LogP contribution in [0.25, 0.3) is 0 Å². The molecule has 0 atom stereocenters. The minimum Gasteiger partial charge on any atom is -0.378 e. The van der Waals surface area contributed by atoms with Crippen LogP contribution in [0.5, 0.6) is 0 Å². The van der Waals surface area contributed by atoms with Crippen LogP contribution in [-0.4, -0.2) is 20.2 Å². The zero-order valence-corrected chi connectivity index (χ0v) is 16.6. The van der Waals surface area contributed by atoms with Gasteiger partial charge in [-0.15, -0.1) is 0 Å². The van der Waals surface area contributed by atoms with E-state index in [2.05, 4.69) is 43.3 Å². The van der Waals surface area contributed by atoms with Crippen molar-refractivity contribution in [1.29, 1.82) is 0 Å². The van der Waals surface area contributed by atoms with Gasteiger partial charge < -0.3 is 4.90 Å². The van der Waals surface area contributed by atoms with E-state index in [0.29, 0.717) is 0 Å². The molecular weight excluding hydrogens is 301 g/mol. The zero-order chi connectivity index (χ0) is 17.3. The Bertz CT molecular complexity index is 505. The number of anilines is 1. The summed E-state index contributed by atoms with van der Waals surface area (Å²) in [6.45, 7) is 0. The summed E-state index contributed by atoms with van der Waals surface area (Å²) in [5, 5.41) is 0. The van der Waals surface area contributed by atoms with Gasteiger partial charge in [0, 0.05) is 25.9 Å². The molecule has 0 aliphatic heterocycles. The number of rotatable bonds is 5. The average molecular weight is 338 g/mol. The molecule has 0 saturated heterocycles. The van der Waals surface area contributed by atoms with Gasteiger partial charge in [-0.25, -0.2) is 5.46 Å². The van der Waals surface area contributed by atoms with Gasteiger partial charge in [-0.2, -0.15) is 17.5 Å². The second-order valence-corrected chi connectivity index (χ2v) is 9.70. The molecule has 1 nitrogen and oxygen atoms in total. The van der Waals surface area contributed by atoms with Crippen LogP contribution >= 0.6 is 0 Å². The highest BCUT2D eigenvalue weighted by molar-refractivity contribution is 6.95. The first-order valence-corrected chi connectivity index (χ1v) is 11.2. The van der Waals surface area contributed by atoms with Crippen LogP contribution in [0.15, 0.2) is 24.3 Å². The Morgan fingerprint density at radius 2 is 1.00 bits per heavy atom. The van der Waals surface area contributed by atoms with Gasteiger partial charge in [-0.1, -0.05) is 89.2 Å². The van der Waals surface area contributed by atoms with Gasteiger partial charge in [0.1, 0.15) is 0 Å². The van der Waals surface area contributed by atoms with Gasteiger partial charge in [0.15, 0.2) is 0 Å². The van der Waals surface area contributed by atoms with Crippen LogP contribution < -0.4 is 10.4 Å². The van der Waals surface area contributed by atoms with Crippen LogP contribution in [0.2, 0.25) is 17.5 Å². The second kappa shape index (κ2) is 7.37. The average Bonchev–Trinajstić information content (AvgIpc) is 3.40. The van der Waals surface area contributed by atoms with E-state index in [1.165, 1.54) is 82.7 Å². The van der Waals surface area contributed by atoms with Gasteiger partial charge in [-0.05, 0) is 12.1 Å². The molecule has 0 amide bonds. The lowest BCUT2D eigenvalue weighted by Crippen LogP contribution is -2.57. The Labute approximate surface area is 155 Å². The quantitative estimate of drug-likeness (QED) is 0.574. The highest BCUT2D eigenvalue weighted by Gasteiger charge is 2.47. The zero-order valence-electron chi connectivity index (χ0n) is 16.6. The standard InChI is InChI=1S/C23H37BN/c1-25(2)23-17-15-22(16-18-23)24(19-9-3-4-10-19,20-11-5-6-12-20)21-13-7-8-14-21/h15-21H,3-14H2,1-2H3/q-1. The SMILES string of the molecule is CN(C)c1ccc([B-](C2CCCC2)(C2CCCC2)C2CCCC2)cc1. The van der Waals surface area contributed by atoms with Gasteiger partial charge in [0.25, 0.3) is 0 Å². The topological polar surface area (TPSA) is 3.24 Å². The molecule has 0 bridgehead atoms. The summed E-state index contributed by atoms with van der Waals surface area (Å²) in [5.41, 5.74) is 3.13. The van der Waals surface area contributed by atoms with E-state index in [4.69, 9.17) is 0 Å². The molecule has 3 saturated carbocycles. The Morgan fingerprint density at radius 3 is 1.32 bits per heavy atom.